The van der Waals surface area contributed by atoms with Gasteiger partial charge in [0.05, 0.1) is 36.8 Å². The normalized spacial score (nSPS) is 23.9. The molecule has 0 aliphatic carbocycles. The number of hydrogen-bond donors (Lipinski definition) is 2. The molecule has 0 radical (unpaired) electrons. The summed E-state index contributed by atoms with van der Waals surface area (Å²) in [5, 5.41) is 12.7. The molecule has 228 valence electrons. The first-order valence-electron chi connectivity index (χ1n) is 14.7. The molecule has 1 fully saturated rings. The Hall–Kier alpha value is -1.01. The van der Waals surface area contributed by atoms with Gasteiger partial charge in [-0.3, -0.25) is 9.59 Å². The highest BCUT2D eigenvalue weighted by Crippen LogP contribution is 2.39. The van der Waals surface area contributed by atoms with Gasteiger partial charge in [0.25, 0.3) is 0 Å². The second-order valence-corrected chi connectivity index (χ2v) is 24.1. The molecular weight excluding hydrogens is 527 g/mol. The van der Waals surface area contributed by atoms with E-state index in [1.165, 1.54) is 0 Å². The van der Waals surface area contributed by atoms with E-state index >= 15 is 0 Å². The van der Waals surface area contributed by atoms with E-state index in [4.69, 9.17) is 13.6 Å². The maximum absolute atomic E-state index is 13.0. The number of aliphatic carboxylic acids is 1. The average Bonchev–Trinajstić information content (AvgIpc) is 2.76. The largest absolute Gasteiger partial charge is 0.481 e. The molecule has 1 heterocycles. The molecule has 2 N–H and O–H groups in total. The molecule has 1 aliphatic heterocycles. The molecule has 0 bridgehead atoms. The minimum atomic E-state index is -2.22. The summed E-state index contributed by atoms with van der Waals surface area (Å²) in [5.41, 5.74) is 0. The average molecular weight is 586 g/mol. The van der Waals surface area contributed by atoms with Crippen molar-refractivity contribution in [1.82, 2.24) is 5.32 Å². The van der Waals surface area contributed by atoms with Gasteiger partial charge in [-0.25, -0.2) is 0 Å². The van der Waals surface area contributed by atoms with Crippen LogP contribution in [0.15, 0.2) is 12.2 Å². The minimum Gasteiger partial charge on any atom is -0.481 e. The van der Waals surface area contributed by atoms with Crippen molar-refractivity contribution in [1.29, 1.82) is 0 Å². The summed E-state index contributed by atoms with van der Waals surface area (Å²) in [6.07, 6.45) is 6.43. The van der Waals surface area contributed by atoms with Crippen molar-refractivity contribution in [3.8, 4) is 0 Å². The zero-order valence-corrected chi connectivity index (χ0v) is 29.1. The standard InChI is InChI=1S/C30H59NO6Si2/c1-14-15-24(36-38(10,11)29(4,5)6)18-23-17-16-21(2)25(35-23)19-27(32)31-20-26(22(3)28(33)34)37-39(12,13)30(7,8)9/h14-15,21-26H,16-20H2,1-13H3,(H,31,32)(H,33,34)/b15-14+/t21-,22-,23+,24?,25-,26-/m0/s1. The lowest BCUT2D eigenvalue weighted by Gasteiger charge is -2.41. The first-order valence-corrected chi connectivity index (χ1v) is 20.6. The minimum absolute atomic E-state index is 0.00507. The van der Waals surface area contributed by atoms with E-state index in [0.717, 1.165) is 19.3 Å². The van der Waals surface area contributed by atoms with Gasteiger partial charge in [0.1, 0.15) is 0 Å². The maximum Gasteiger partial charge on any atom is 0.308 e. The van der Waals surface area contributed by atoms with Crippen LogP contribution in [0.25, 0.3) is 0 Å². The Balaban J connectivity index is 2.84. The van der Waals surface area contributed by atoms with E-state index in [2.05, 4.69) is 92.1 Å². The molecule has 39 heavy (non-hydrogen) atoms. The number of carboxylic acid groups (broad SMARTS) is 1. The molecule has 6 atom stereocenters. The molecule has 0 aromatic carbocycles. The van der Waals surface area contributed by atoms with Crippen molar-refractivity contribution in [3.63, 3.8) is 0 Å². The Morgan fingerprint density at radius 3 is 2.05 bits per heavy atom. The number of nitrogens with one attached hydrogen (secondary N) is 1. The Kier molecular flexibility index (Phi) is 13.2. The molecule has 0 saturated carbocycles. The lowest BCUT2D eigenvalue weighted by Crippen LogP contribution is -2.50. The summed E-state index contributed by atoms with van der Waals surface area (Å²) >= 11 is 0. The predicted octanol–water partition coefficient (Wildman–Crippen LogP) is 7.14. The van der Waals surface area contributed by atoms with E-state index in [0.29, 0.717) is 0 Å². The van der Waals surface area contributed by atoms with Gasteiger partial charge in [0.15, 0.2) is 16.6 Å². The van der Waals surface area contributed by atoms with E-state index < -0.39 is 34.6 Å². The highest BCUT2D eigenvalue weighted by atomic mass is 28.4. The van der Waals surface area contributed by atoms with Crippen molar-refractivity contribution < 1.29 is 28.3 Å². The molecule has 0 aromatic rings. The van der Waals surface area contributed by atoms with E-state index in [9.17, 15) is 14.7 Å². The van der Waals surface area contributed by atoms with Crippen LogP contribution >= 0.6 is 0 Å². The molecule has 1 aliphatic rings. The number of carboxylic acids is 1. The van der Waals surface area contributed by atoms with Crippen LogP contribution in [0.1, 0.15) is 88.0 Å². The summed E-state index contributed by atoms with van der Waals surface area (Å²) in [6.45, 7) is 27.8. The predicted molar refractivity (Wildman–Crippen MR) is 165 cm³/mol. The SMILES string of the molecule is C/C=C/C(C[C@H]1CC[C@H](C)[C@H](CC(=O)NC[C@H](O[Si](C)(C)C(C)(C)C)[C@H](C)C(=O)O)O1)O[Si](C)(C)C(C)(C)C. The Labute approximate surface area is 241 Å². The summed E-state index contributed by atoms with van der Waals surface area (Å²) in [7, 11) is -4.15. The molecule has 7 nitrogen and oxygen atoms in total. The number of amides is 1. The second-order valence-electron chi connectivity index (χ2n) is 14.6. The lowest BCUT2D eigenvalue weighted by molar-refractivity contribution is -0.145. The van der Waals surface area contributed by atoms with Crippen LogP contribution in [0.2, 0.25) is 36.3 Å². The number of carbonyl (C=O) groups excluding carboxylic acids is 1. The Morgan fingerprint density at radius 2 is 1.56 bits per heavy atom. The number of allylic oxidation sites excluding steroid dienone is 1. The number of rotatable bonds is 13. The van der Waals surface area contributed by atoms with E-state index in [1.54, 1.807) is 6.92 Å². The third kappa shape index (κ3) is 11.1. The summed E-state index contributed by atoms with van der Waals surface area (Å²) in [5.74, 6) is -1.50. The number of ether oxygens (including phenoxy) is 1. The highest BCUT2D eigenvalue weighted by molar-refractivity contribution is 6.74. The first kappa shape index (κ1) is 36.0. The quantitative estimate of drug-likeness (QED) is 0.176. The second kappa shape index (κ2) is 14.3. The van der Waals surface area contributed by atoms with E-state index in [1.807, 2.05) is 6.92 Å². The van der Waals surface area contributed by atoms with E-state index in [-0.39, 0.29) is 53.2 Å². The topological polar surface area (TPSA) is 94.1 Å². The van der Waals surface area contributed by atoms with Gasteiger partial charge in [-0.2, -0.15) is 0 Å². The fourth-order valence-electron chi connectivity index (χ4n) is 4.21. The molecule has 1 amide bonds. The van der Waals surface area contributed by atoms with Crippen molar-refractivity contribution in [2.45, 2.75) is 149 Å². The van der Waals surface area contributed by atoms with Crippen LogP contribution in [0.4, 0.5) is 0 Å². The van der Waals surface area contributed by atoms with Crippen LogP contribution in [0.3, 0.4) is 0 Å². The molecule has 0 spiro atoms. The monoisotopic (exact) mass is 585 g/mol. The molecule has 0 aromatic heterocycles. The zero-order valence-electron chi connectivity index (χ0n) is 27.1. The van der Waals surface area contributed by atoms with Crippen LogP contribution in [-0.2, 0) is 23.2 Å². The highest BCUT2D eigenvalue weighted by Gasteiger charge is 2.42. The van der Waals surface area contributed by atoms with Gasteiger partial charge in [-0.15, -0.1) is 0 Å². The molecular formula is C30H59NO6Si2. The van der Waals surface area contributed by atoms with Gasteiger partial charge >= 0.3 is 5.97 Å². The van der Waals surface area contributed by atoms with Crippen molar-refractivity contribution in [2.24, 2.45) is 11.8 Å². The van der Waals surface area contributed by atoms with Crippen molar-refractivity contribution >= 4 is 28.5 Å². The van der Waals surface area contributed by atoms with Gasteiger partial charge in [-0.05, 0) is 68.9 Å². The third-order valence-corrected chi connectivity index (χ3v) is 18.2. The smallest absolute Gasteiger partial charge is 0.308 e. The van der Waals surface area contributed by atoms with Gasteiger partial charge in [0, 0.05) is 13.0 Å². The third-order valence-electron chi connectivity index (χ3n) is 9.19. The molecule has 1 rings (SSSR count). The zero-order chi connectivity index (χ0) is 30.4. The maximum atomic E-state index is 13.0. The Bertz CT molecular complexity index is 830. The van der Waals surface area contributed by atoms with Gasteiger partial charge in [0.2, 0.25) is 5.91 Å². The van der Waals surface area contributed by atoms with Crippen LogP contribution in [0.5, 0.6) is 0 Å². The van der Waals surface area contributed by atoms with Gasteiger partial charge in [-0.1, -0.05) is 60.6 Å². The fourth-order valence-corrected chi connectivity index (χ4v) is 6.89. The fraction of sp³-hybridized carbons (Fsp3) is 0.867. The van der Waals surface area contributed by atoms with Crippen molar-refractivity contribution in [3.05, 3.63) is 12.2 Å². The summed E-state index contributed by atoms with van der Waals surface area (Å²) in [4.78, 5) is 24.8. The van der Waals surface area contributed by atoms with Gasteiger partial charge < -0.3 is 24.0 Å². The van der Waals surface area contributed by atoms with Crippen LogP contribution < -0.4 is 5.32 Å². The van der Waals surface area contributed by atoms with Crippen LogP contribution in [0, 0.1) is 11.8 Å². The number of hydrogen-bond acceptors (Lipinski definition) is 5. The van der Waals surface area contributed by atoms with Crippen LogP contribution in [-0.4, -0.2) is 64.6 Å². The molecule has 1 saturated heterocycles. The number of carbonyl (C=O) groups is 2. The molecule has 9 heteroatoms. The Morgan fingerprint density at radius 1 is 1.03 bits per heavy atom. The van der Waals surface area contributed by atoms with Crippen molar-refractivity contribution in [2.75, 3.05) is 6.54 Å². The summed E-state index contributed by atoms with van der Waals surface area (Å²) in [6, 6.07) is 0. The summed E-state index contributed by atoms with van der Waals surface area (Å²) < 4.78 is 19.6. The first-order chi connectivity index (χ1) is 17.6. The lowest BCUT2D eigenvalue weighted by atomic mass is 9.89. The molecule has 1 unspecified atom stereocenters.